The second-order valence-corrected chi connectivity index (χ2v) is 7.79. The zero-order valence-corrected chi connectivity index (χ0v) is 14.7. The summed E-state index contributed by atoms with van der Waals surface area (Å²) < 4.78 is 11.6. The molecule has 0 bridgehead atoms. The van der Waals surface area contributed by atoms with E-state index in [-0.39, 0.29) is 5.38 Å². The van der Waals surface area contributed by atoms with Gasteiger partial charge in [0.2, 0.25) is 0 Å². The van der Waals surface area contributed by atoms with Gasteiger partial charge in [0.1, 0.15) is 0 Å². The summed E-state index contributed by atoms with van der Waals surface area (Å²) in [5.41, 5.74) is 0. The maximum Gasteiger partial charge on any atom is 0.0586 e. The molecule has 4 heteroatoms. The van der Waals surface area contributed by atoms with Crippen LogP contribution in [0.5, 0.6) is 0 Å². The van der Waals surface area contributed by atoms with Gasteiger partial charge in [-0.3, -0.25) is 4.21 Å². The summed E-state index contributed by atoms with van der Waals surface area (Å²) in [6.07, 6.45) is 13.1. The SMILES string of the molecule is CCCCCCCCCCCCS(=O)CC(Cl)CCl. The predicted octanol–water partition coefficient (Wildman–Crippen LogP) is 5.50. The molecular formula is C15H30Cl2OS. The van der Waals surface area contributed by atoms with Crippen LogP contribution in [0.25, 0.3) is 0 Å². The van der Waals surface area contributed by atoms with Crippen molar-refractivity contribution in [2.24, 2.45) is 0 Å². The van der Waals surface area contributed by atoms with E-state index in [9.17, 15) is 4.21 Å². The van der Waals surface area contributed by atoms with E-state index in [1.165, 1.54) is 57.8 Å². The van der Waals surface area contributed by atoms with Gasteiger partial charge in [-0.05, 0) is 6.42 Å². The lowest BCUT2D eigenvalue weighted by molar-refractivity contribution is 0.562. The van der Waals surface area contributed by atoms with Crippen molar-refractivity contribution < 1.29 is 4.21 Å². The highest BCUT2D eigenvalue weighted by molar-refractivity contribution is 7.85. The van der Waals surface area contributed by atoms with E-state index in [1.54, 1.807) is 0 Å². The average molecular weight is 329 g/mol. The maximum atomic E-state index is 11.6. The lowest BCUT2D eigenvalue weighted by atomic mass is 10.1. The van der Waals surface area contributed by atoms with Crippen molar-refractivity contribution in [3.05, 3.63) is 0 Å². The molecule has 0 radical (unpaired) electrons. The van der Waals surface area contributed by atoms with E-state index in [2.05, 4.69) is 6.92 Å². The molecule has 0 saturated heterocycles. The van der Waals surface area contributed by atoms with Gasteiger partial charge < -0.3 is 0 Å². The van der Waals surface area contributed by atoms with E-state index < -0.39 is 10.8 Å². The summed E-state index contributed by atoms with van der Waals surface area (Å²) in [4.78, 5) is 0. The Morgan fingerprint density at radius 3 is 1.84 bits per heavy atom. The minimum Gasteiger partial charge on any atom is -0.260 e. The van der Waals surface area contributed by atoms with Gasteiger partial charge in [-0.2, -0.15) is 0 Å². The molecule has 0 amide bonds. The first-order chi connectivity index (χ1) is 9.20. The summed E-state index contributed by atoms with van der Waals surface area (Å²) in [5, 5.41) is -0.134. The van der Waals surface area contributed by atoms with E-state index in [0.29, 0.717) is 11.6 Å². The van der Waals surface area contributed by atoms with E-state index in [0.717, 1.165) is 12.2 Å². The maximum absolute atomic E-state index is 11.6. The Bertz CT molecular complexity index is 212. The number of rotatable bonds is 14. The highest BCUT2D eigenvalue weighted by Crippen LogP contribution is 2.11. The molecule has 1 nitrogen and oxygen atoms in total. The molecule has 0 aliphatic rings. The molecule has 116 valence electrons. The summed E-state index contributed by atoms with van der Waals surface area (Å²) in [6.45, 7) is 2.25. The normalized spacial score (nSPS) is 14.5. The fraction of sp³-hybridized carbons (Fsp3) is 1.00. The molecule has 0 spiro atoms. The number of hydrogen-bond acceptors (Lipinski definition) is 1. The van der Waals surface area contributed by atoms with Crippen LogP contribution in [0.2, 0.25) is 0 Å². The predicted molar refractivity (Wildman–Crippen MR) is 90.1 cm³/mol. The Hall–Kier alpha value is 0.730. The standard InChI is InChI=1S/C15H30Cl2OS/c1-2-3-4-5-6-7-8-9-10-11-12-19(18)14-15(17)13-16/h15H,2-14H2,1H3. The van der Waals surface area contributed by atoms with Gasteiger partial charge >= 0.3 is 0 Å². The summed E-state index contributed by atoms with van der Waals surface area (Å²) in [6, 6.07) is 0. The van der Waals surface area contributed by atoms with Gasteiger partial charge in [0.05, 0.1) is 5.38 Å². The third-order valence-corrected chi connectivity index (χ3v) is 5.80. The topological polar surface area (TPSA) is 17.1 Å². The number of hydrogen-bond donors (Lipinski definition) is 0. The molecule has 0 saturated carbocycles. The van der Waals surface area contributed by atoms with Crippen LogP contribution in [-0.2, 0) is 10.8 Å². The van der Waals surface area contributed by atoms with Crippen LogP contribution in [0.1, 0.15) is 71.1 Å². The molecule has 0 aromatic heterocycles. The van der Waals surface area contributed by atoms with Crippen molar-refractivity contribution in [1.29, 1.82) is 0 Å². The Labute approximate surface area is 132 Å². The molecule has 19 heavy (non-hydrogen) atoms. The highest BCUT2D eigenvalue weighted by Gasteiger charge is 2.07. The fourth-order valence-corrected chi connectivity index (χ4v) is 3.95. The first-order valence-electron chi connectivity index (χ1n) is 7.75. The lowest BCUT2D eigenvalue weighted by Crippen LogP contribution is -2.14. The monoisotopic (exact) mass is 328 g/mol. The van der Waals surface area contributed by atoms with E-state index in [1.807, 2.05) is 0 Å². The van der Waals surface area contributed by atoms with Crippen LogP contribution >= 0.6 is 23.2 Å². The first kappa shape index (κ1) is 19.7. The second-order valence-electron chi connectivity index (χ2n) is 5.24. The molecular weight excluding hydrogens is 299 g/mol. The molecule has 0 aliphatic carbocycles. The summed E-state index contributed by atoms with van der Waals surface area (Å²) in [7, 11) is -0.779. The molecule has 0 aromatic carbocycles. The lowest BCUT2D eigenvalue weighted by Gasteiger charge is -2.05. The molecule has 0 N–H and O–H groups in total. The largest absolute Gasteiger partial charge is 0.260 e. The summed E-state index contributed by atoms with van der Waals surface area (Å²) in [5.74, 6) is 1.73. The Morgan fingerprint density at radius 2 is 1.37 bits per heavy atom. The fourth-order valence-electron chi connectivity index (χ4n) is 2.08. The van der Waals surface area contributed by atoms with Gasteiger partial charge in [-0.25, -0.2) is 0 Å². The quantitative estimate of drug-likeness (QED) is 0.304. The zero-order valence-electron chi connectivity index (χ0n) is 12.3. The van der Waals surface area contributed by atoms with Gasteiger partial charge in [-0.1, -0.05) is 64.7 Å². The zero-order chi connectivity index (χ0) is 14.3. The Kier molecular flexibility index (Phi) is 15.7. The van der Waals surface area contributed by atoms with Crippen LogP contribution in [0, 0.1) is 0 Å². The van der Waals surface area contributed by atoms with Gasteiger partial charge in [-0.15, -0.1) is 23.2 Å². The molecule has 0 rings (SSSR count). The third-order valence-electron chi connectivity index (χ3n) is 3.26. The average Bonchev–Trinajstić information content (AvgIpc) is 2.40. The first-order valence-corrected chi connectivity index (χ1v) is 10.2. The van der Waals surface area contributed by atoms with Gasteiger partial charge in [0, 0.05) is 28.2 Å². The second kappa shape index (κ2) is 15.1. The molecule has 0 aromatic rings. The molecule has 0 heterocycles. The van der Waals surface area contributed by atoms with Crippen LogP contribution in [0.15, 0.2) is 0 Å². The molecule has 0 aliphatic heterocycles. The minimum atomic E-state index is -0.779. The van der Waals surface area contributed by atoms with Crippen molar-refractivity contribution in [2.75, 3.05) is 17.4 Å². The van der Waals surface area contributed by atoms with Gasteiger partial charge in [0.15, 0.2) is 0 Å². The summed E-state index contributed by atoms with van der Waals surface area (Å²) >= 11 is 11.5. The minimum absolute atomic E-state index is 0.134. The van der Waals surface area contributed by atoms with Crippen molar-refractivity contribution in [3.8, 4) is 0 Å². The highest BCUT2D eigenvalue weighted by atomic mass is 35.5. The van der Waals surface area contributed by atoms with Crippen molar-refractivity contribution in [1.82, 2.24) is 0 Å². The van der Waals surface area contributed by atoms with Crippen LogP contribution in [-0.4, -0.2) is 27.0 Å². The number of unbranched alkanes of at least 4 members (excludes halogenated alkanes) is 9. The number of alkyl halides is 2. The Balaban J connectivity index is 3.16. The van der Waals surface area contributed by atoms with Crippen LogP contribution in [0.4, 0.5) is 0 Å². The van der Waals surface area contributed by atoms with Crippen molar-refractivity contribution in [3.63, 3.8) is 0 Å². The Morgan fingerprint density at radius 1 is 0.895 bits per heavy atom. The van der Waals surface area contributed by atoms with Crippen molar-refractivity contribution in [2.45, 2.75) is 76.5 Å². The van der Waals surface area contributed by atoms with E-state index >= 15 is 0 Å². The van der Waals surface area contributed by atoms with E-state index in [4.69, 9.17) is 23.2 Å². The molecule has 0 fully saturated rings. The third kappa shape index (κ3) is 14.9. The molecule has 2 atom stereocenters. The van der Waals surface area contributed by atoms with Gasteiger partial charge in [0.25, 0.3) is 0 Å². The van der Waals surface area contributed by atoms with Crippen LogP contribution < -0.4 is 0 Å². The number of halogens is 2. The smallest absolute Gasteiger partial charge is 0.0586 e. The van der Waals surface area contributed by atoms with Crippen LogP contribution in [0.3, 0.4) is 0 Å². The van der Waals surface area contributed by atoms with Crippen molar-refractivity contribution >= 4 is 34.0 Å². The molecule has 2 unspecified atom stereocenters.